The third-order valence-corrected chi connectivity index (χ3v) is 3.75. The van der Waals surface area contributed by atoms with Crippen LogP contribution in [0.5, 0.6) is 0 Å². The molecule has 1 rings (SSSR count). The van der Waals surface area contributed by atoms with Crippen LogP contribution in [0.15, 0.2) is 18.2 Å². The summed E-state index contributed by atoms with van der Waals surface area (Å²) in [5.41, 5.74) is 2.98. The first-order chi connectivity index (χ1) is 8.04. The van der Waals surface area contributed by atoms with Gasteiger partial charge in [-0.3, -0.25) is 11.3 Å². The standard InChI is InChI=1S/C12H18F2N2S/c1-8(2)6-17-7-12(16-15)10-4-3-9(13)5-11(10)14/h3-5,8,12,16H,6-7,15H2,1-2H3. The zero-order valence-electron chi connectivity index (χ0n) is 10.0. The molecule has 0 aromatic heterocycles. The van der Waals surface area contributed by atoms with E-state index >= 15 is 0 Å². The van der Waals surface area contributed by atoms with Gasteiger partial charge in [0, 0.05) is 17.4 Å². The van der Waals surface area contributed by atoms with Crippen molar-refractivity contribution in [2.75, 3.05) is 11.5 Å². The lowest BCUT2D eigenvalue weighted by atomic mass is 10.1. The average Bonchev–Trinajstić information content (AvgIpc) is 2.25. The highest BCUT2D eigenvalue weighted by molar-refractivity contribution is 7.99. The van der Waals surface area contributed by atoms with Gasteiger partial charge in [-0.05, 0) is 17.7 Å². The number of nitrogens with one attached hydrogen (secondary N) is 1. The first kappa shape index (κ1) is 14.4. The zero-order valence-corrected chi connectivity index (χ0v) is 10.9. The number of halogens is 2. The minimum atomic E-state index is -0.572. The second-order valence-corrected chi connectivity index (χ2v) is 5.39. The summed E-state index contributed by atoms with van der Waals surface area (Å²) in [6.45, 7) is 4.24. The van der Waals surface area contributed by atoms with Crippen LogP contribution >= 0.6 is 11.8 Å². The van der Waals surface area contributed by atoms with Crippen LogP contribution in [0, 0.1) is 17.6 Å². The maximum atomic E-state index is 13.5. The van der Waals surface area contributed by atoms with Crippen molar-refractivity contribution >= 4 is 11.8 Å². The van der Waals surface area contributed by atoms with E-state index in [0.717, 1.165) is 11.8 Å². The minimum Gasteiger partial charge on any atom is -0.271 e. The highest BCUT2D eigenvalue weighted by atomic mass is 32.2. The molecule has 0 saturated heterocycles. The van der Waals surface area contributed by atoms with Gasteiger partial charge >= 0.3 is 0 Å². The molecule has 0 aliphatic carbocycles. The summed E-state index contributed by atoms with van der Waals surface area (Å²) in [6.07, 6.45) is 0. The van der Waals surface area contributed by atoms with E-state index in [2.05, 4.69) is 19.3 Å². The van der Waals surface area contributed by atoms with Crippen molar-refractivity contribution in [1.29, 1.82) is 0 Å². The Morgan fingerprint density at radius 3 is 2.53 bits per heavy atom. The average molecular weight is 260 g/mol. The Labute approximate surface area is 105 Å². The van der Waals surface area contributed by atoms with Crippen molar-refractivity contribution in [2.24, 2.45) is 11.8 Å². The molecule has 0 saturated carbocycles. The first-order valence-electron chi connectivity index (χ1n) is 5.53. The van der Waals surface area contributed by atoms with Crippen LogP contribution in [-0.2, 0) is 0 Å². The van der Waals surface area contributed by atoms with Gasteiger partial charge in [0.05, 0.1) is 6.04 Å². The minimum absolute atomic E-state index is 0.292. The largest absolute Gasteiger partial charge is 0.271 e. The van der Waals surface area contributed by atoms with Crippen molar-refractivity contribution in [3.8, 4) is 0 Å². The van der Waals surface area contributed by atoms with Gasteiger partial charge in [0.25, 0.3) is 0 Å². The second kappa shape index (κ2) is 6.93. The number of hydrogen-bond donors (Lipinski definition) is 2. The number of hydrazine groups is 1. The quantitative estimate of drug-likeness (QED) is 0.610. The fourth-order valence-electron chi connectivity index (χ4n) is 1.43. The SMILES string of the molecule is CC(C)CSCC(NN)c1ccc(F)cc1F. The number of thioether (sulfide) groups is 1. The van der Waals surface area contributed by atoms with E-state index in [0.29, 0.717) is 17.2 Å². The molecule has 0 fully saturated rings. The Bertz CT molecular complexity index is 358. The number of benzene rings is 1. The van der Waals surface area contributed by atoms with Gasteiger partial charge in [-0.15, -0.1) is 0 Å². The van der Waals surface area contributed by atoms with Crippen LogP contribution in [0.2, 0.25) is 0 Å². The summed E-state index contributed by atoms with van der Waals surface area (Å²) >= 11 is 1.70. The van der Waals surface area contributed by atoms with Gasteiger partial charge in [-0.25, -0.2) is 8.78 Å². The van der Waals surface area contributed by atoms with E-state index in [-0.39, 0.29) is 6.04 Å². The van der Waals surface area contributed by atoms with Crippen molar-refractivity contribution in [1.82, 2.24) is 5.43 Å². The molecular weight excluding hydrogens is 242 g/mol. The molecule has 0 spiro atoms. The van der Waals surface area contributed by atoms with Gasteiger partial charge < -0.3 is 0 Å². The highest BCUT2D eigenvalue weighted by Crippen LogP contribution is 2.22. The van der Waals surface area contributed by atoms with E-state index in [1.807, 2.05) is 0 Å². The van der Waals surface area contributed by atoms with Crippen LogP contribution in [0.3, 0.4) is 0 Å². The zero-order chi connectivity index (χ0) is 12.8. The van der Waals surface area contributed by atoms with E-state index < -0.39 is 11.6 Å². The number of nitrogens with two attached hydrogens (primary N) is 1. The Hall–Kier alpha value is -0.650. The first-order valence-corrected chi connectivity index (χ1v) is 6.69. The van der Waals surface area contributed by atoms with Crippen molar-refractivity contribution in [3.63, 3.8) is 0 Å². The Kier molecular flexibility index (Phi) is 5.88. The predicted octanol–water partition coefficient (Wildman–Crippen LogP) is 2.86. The lowest BCUT2D eigenvalue weighted by Crippen LogP contribution is -2.30. The van der Waals surface area contributed by atoms with Crippen LogP contribution in [0.25, 0.3) is 0 Å². The Balaban J connectivity index is 2.66. The van der Waals surface area contributed by atoms with Gasteiger partial charge in [-0.1, -0.05) is 19.9 Å². The predicted molar refractivity (Wildman–Crippen MR) is 68.6 cm³/mol. The van der Waals surface area contributed by atoms with E-state index in [9.17, 15) is 8.78 Å². The lowest BCUT2D eigenvalue weighted by molar-refractivity contribution is 0.531. The Morgan fingerprint density at radius 1 is 1.29 bits per heavy atom. The number of hydrogen-bond acceptors (Lipinski definition) is 3. The van der Waals surface area contributed by atoms with Crippen LogP contribution in [0.1, 0.15) is 25.5 Å². The molecule has 0 amide bonds. The third kappa shape index (κ3) is 4.61. The molecule has 0 heterocycles. The monoisotopic (exact) mass is 260 g/mol. The molecule has 5 heteroatoms. The van der Waals surface area contributed by atoms with Crippen molar-refractivity contribution in [2.45, 2.75) is 19.9 Å². The molecule has 1 unspecified atom stereocenters. The molecule has 3 N–H and O–H groups in total. The van der Waals surface area contributed by atoms with E-state index in [1.54, 1.807) is 11.8 Å². The van der Waals surface area contributed by atoms with Crippen LogP contribution < -0.4 is 11.3 Å². The summed E-state index contributed by atoms with van der Waals surface area (Å²) in [4.78, 5) is 0. The van der Waals surface area contributed by atoms with Crippen LogP contribution in [0.4, 0.5) is 8.78 Å². The normalized spacial score (nSPS) is 13.1. The molecular formula is C12H18F2N2S. The van der Waals surface area contributed by atoms with Crippen LogP contribution in [-0.4, -0.2) is 11.5 Å². The summed E-state index contributed by atoms with van der Waals surface area (Å²) in [7, 11) is 0. The molecule has 17 heavy (non-hydrogen) atoms. The van der Waals surface area contributed by atoms with Gasteiger partial charge in [0.15, 0.2) is 0 Å². The molecule has 1 aromatic rings. The molecule has 1 aromatic carbocycles. The fraction of sp³-hybridized carbons (Fsp3) is 0.500. The maximum absolute atomic E-state index is 13.5. The molecule has 0 bridgehead atoms. The topological polar surface area (TPSA) is 38.0 Å². The van der Waals surface area contributed by atoms with E-state index in [1.165, 1.54) is 12.1 Å². The molecule has 0 aliphatic heterocycles. The van der Waals surface area contributed by atoms with Crippen molar-refractivity contribution < 1.29 is 8.78 Å². The second-order valence-electron chi connectivity index (χ2n) is 4.32. The molecule has 1 atom stereocenters. The summed E-state index contributed by atoms with van der Waals surface area (Å²) < 4.78 is 26.3. The van der Waals surface area contributed by atoms with Gasteiger partial charge in [0.1, 0.15) is 11.6 Å². The lowest BCUT2D eigenvalue weighted by Gasteiger charge is -2.17. The van der Waals surface area contributed by atoms with E-state index in [4.69, 9.17) is 5.84 Å². The third-order valence-electron chi connectivity index (χ3n) is 2.27. The molecule has 96 valence electrons. The highest BCUT2D eigenvalue weighted by Gasteiger charge is 2.15. The van der Waals surface area contributed by atoms with Gasteiger partial charge in [-0.2, -0.15) is 11.8 Å². The summed E-state index contributed by atoms with van der Waals surface area (Å²) in [6, 6.07) is 3.27. The number of rotatable bonds is 6. The molecule has 0 radical (unpaired) electrons. The summed E-state index contributed by atoms with van der Waals surface area (Å²) in [5.74, 6) is 6.51. The molecule has 0 aliphatic rings. The van der Waals surface area contributed by atoms with Gasteiger partial charge in [0.2, 0.25) is 0 Å². The summed E-state index contributed by atoms with van der Waals surface area (Å²) in [5, 5.41) is 0. The Morgan fingerprint density at radius 2 is 2.00 bits per heavy atom. The fourth-order valence-corrected chi connectivity index (χ4v) is 2.55. The maximum Gasteiger partial charge on any atom is 0.130 e. The van der Waals surface area contributed by atoms with Crippen molar-refractivity contribution in [3.05, 3.63) is 35.4 Å². The smallest absolute Gasteiger partial charge is 0.130 e. The molecule has 2 nitrogen and oxygen atoms in total.